The highest BCUT2D eigenvalue weighted by atomic mass is 16.3. The molecule has 10 nitrogen and oxygen atoms in total. The molecule has 0 spiro atoms. The van der Waals surface area contributed by atoms with E-state index < -0.39 is 11.8 Å². The Kier molecular flexibility index (Phi) is 13.7. The zero-order chi connectivity index (χ0) is 37.9. The molecular formula is C43H53N5O5. The van der Waals surface area contributed by atoms with E-state index in [0.717, 1.165) is 42.4 Å². The second-order valence-corrected chi connectivity index (χ2v) is 14.1. The first-order chi connectivity index (χ1) is 25.6. The Morgan fingerprint density at radius 1 is 0.906 bits per heavy atom. The lowest BCUT2D eigenvalue weighted by atomic mass is 9.73. The number of rotatable bonds is 17. The molecule has 10 heteroatoms. The van der Waals surface area contributed by atoms with Crippen LogP contribution in [-0.2, 0) is 22.4 Å². The van der Waals surface area contributed by atoms with Gasteiger partial charge in [0.25, 0.3) is 5.91 Å². The Morgan fingerprint density at radius 3 is 2.21 bits per heavy atom. The predicted molar refractivity (Wildman–Crippen MR) is 207 cm³/mol. The van der Waals surface area contributed by atoms with Crippen molar-refractivity contribution in [2.75, 3.05) is 31.6 Å². The molecule has 2 unspecified atom stereocenters. The monoisotopic (exact) mass is 719 g/mol. The number of aromatic nitrogens is 2. The number of nitrogens with one attached hydrogen (secondary N) is 2. The maximum atomic E-state index is 14.8. The number of unbranched alkanes of at least 4 members (excludes halogenated alkanes) is 2. The Morgan fingerprint density at radius 2 is 1.57 bits per heavy atom. The van der Waals surface area contributed by atoms with Crippen LogP contribution in [0.2, 0.25) is 0 Å². The number of carbonyl (C=O) groups excluding carboxylic acids is 4. The maximum absolute atomic E-state index is 14.8. The summed E-state index contributed by atoms with van der Waals surface area (Å²) in [5, 5.41) is 21.1. The molecule has 0 aliphatic heterocycles. The Balaban J connectivity index is 1.53. The summed E-state index contributed by atoms with van der Waals surface area (Å²) in [5.41, 5.74) is 5.31. The summed E-state index contributed by atoms with van der Waals surface area (Å²) in [4.78, 5) is 55.9. The maximum Gasteiger partial charge on any atom is 0.274 e. The van der Waals surface area contributed by atoms with Gasteiger partial charge in [-0.05, 0) is 85.9 Å². The number of ketones is 1. The quantitative estimate of drug-likeness (QED) is 0.104. The van der Waals surface area contributed by atoms with Crippen molar-refractivity contribution in [2.24, 2.45) is 11.8 Å². The van der Waals surface area contributed by atoms with E-state index in [0.29, 0.717) is 67.2 Å². The van der Waals surface area contributed by atoms with Crippen molar-refractivity contribution in [1.29, 1.82) is 0 Å². The van der Waals surface area contributed by atoms with Crippen LogP contribution in [0.4, 0.5) is 5.69 Å². The molecule has 53 heavy (non-hydrogen) atoms. The lowest BCUT2D eigenvalue weighted by Crippen LogP contribution is -2.34. The van der Waals surface area contributed by atoms with Crippen LogP contribution in [0.25, 0.3) is 5.69 Å². The van der Waals surface area contributed by atoms with Crippen LogP contribution in [-0.4, -0.2) is 69.5 Å². The average molecular weight is 720 g/mol. The van der Waals surface area contributed by atoms with E-state index in [1.54, 1.807) is 28.9 Å². The minimum absolute atomic E-state index is 0.138. The number of carbonyl (C=O) groups is 4. The van der Waals surface area contributed by atoms with Crippen molar-refractivity contribution in [2.45, 2.75) is 78.6 Å². The van der Waals surface area contributed by atoms with E-state index in [1.807, 2.05) is 66.4 Å². The first-order valence-corrected chi connectivity index (χ1v) is 19.0. The van der Waals surface area contributed by atoms with Crippen LogP contribution in [0.3, 0.4) is 0 Å². The largest absolute Gasteiger partial charge is 0.396 e. The molecular weight excluding hydrogens is 667 g/mol. The predicted octanol–water partition coefficient (Wildman–Crippen LogP) is 6.68. The molecule has 1 aliphatic carbocycles. The Hall–Kier alpha value is -5.09. The second-order valence-electron chi connectivity index (χ2n) is 14.1. The fraction of sp³-hybridized carbons (Fsp3) is 0.419. The molecule has 1 aromatic heterocycles. The lowest BCUT2D eigenvalue weighted by molar-refractivity contribution is -0.120. The van der Waals surface area contributed by atoms with Crippen LogP contribution < -0.4 is 10.6 Å². The van der Waals surface area contributed by atoms with Crippen molar-refractivity contribution in [3.63, 3.8) is 0 Å². The normalized spacial score (nSPS) is 15.6. The number of aliphatic hydroxyl groups excluding tert-OH is 1. The Bertz CT molecular complexity index is 1880. The van der Waals surface area contributed by atoms with Gasteiger partial charge in [0.15, 0.2) is 11.5 Å². The third-order valence-electron chi connectivity index (χ3n) is 10.2. The number of benzene rings is 3. The summed E-state index contributed by atoms with van der Waals surface area (Å²) in [7, 11) is 0. The van der Waals surface area contributed by atoms with Gasteiger partial charge in [-0.1, -0.05) is 81.3 Å². The van der Waals surface area contributed by atoms with Gasteiger partial charge in [0.05, 0.1) is 11.6 Å². The van der Waals surface area contributed by atoms with Crippen LogP contribution in [0.5, 0.6) is 0 Å². The molecule has 1 aliphatic rings. The van der Waals surface area contributed by atoms with Gasteiger partial charge in [-0.25, -0.2) is 4.68 Å². The molecule has 0 saturated heterocycles. The van der Waals surface area contributed by atoms with E-state index in [9.17, 15) is 24.3 Å². The zero-order valence-electron chi connectivity index (χ0n) is 31.4. The number of anilines is 1. The number of amides is 3. The van der Waals surface area contributed by atoms with Gasteiger partial charge in [-0.15, -0.1) is 0 Å². The van der Waals surface area contributed by atoms with Crippen molar-refractivity contribution >= 4 is 29.2 Å². The highest BCUT2D eigenvalue weighted by molar-refractivity contribution is 6.04. The summed E-state index contributed by atoms with van der Waals surface area (Å²) >= 11 is 0. The van der Waals surface area contributed by atoms with E-state index in [4.69, 9.17) is 5.10 Å². The topological polar surface area (TPSA) is 134 Å². The van der Waals surface area contributed by atoms with Gasteiger partial charge in [0.2, 0.25) is 11.8 Å². The third-order valence-corrected chi connectivity index (χ3v) is 10.2. The van der Waals surface area contributed by atoms with Gasteiger partial charge in [-0.3, -0.25) is 19.2 Å². The number of aryl methyl sites for hydroxylation is 1. The smallest absolute Gasteiger partial charge is 0.274 e. The molecule has 3 N–H and O–H groups in total. The molecule has 3 aromatic carbocycles. The van der Waals surface area contributed by atoms with Crippen LogP contribution in [0, 0.1) is 18.8 Å². The van der Waals surface area contributed by atoms with E-state index >= 15 is 0 Å². The number of fused-ring (bicyclic) bond motifs is 1. The van der Waals surface area contributed by atoms with Gasteiger partial charge >= 0.3 is 0 Å². The molecule has 0 saturated carbocycles. The van der Waals surface area contributed by atoms with Gasteiger partial charge < -0.3 is 20.6 Å². The zero-order valence-corrected chi connectivity index (χ0v) is 31.4. The van der Waals surface area contributed by atoms with Gasteiger partial charge in [0, 0.05) is 56.0 Å². The van der Waals surface area contributed by atoms with Crippen LogP contribution in [0.1, 0.15) is 102 Å². The highest BCUT2D eigenvalue weighted by Gasteiger charge is 2.35. The molecule has 5 rings (SSSR count). The van der Waals surface area contributed by atoms with Crippen LogP contribution >= 0.6 is 0 Å². The summed E-state index contributed by atoms with van der Waals surface area (Å²) in [6.07, 6.45) is 5.18. The number of nitrogens with zero attached hydrogens (tertiary/aromatic N) is 3. The molecule has 3 atom stereocenters. The molecule has 0 radical (unpaired) electrons. The van der Waals surface area contributed by atoms with Crippen LogP contribution in [0.15, 0.2) is 78.9 Å². The van der Waals surface area contributed by atoms with Gasteiger partial charge in [0.1, 0.15) is 0 Å². The van der Waals surface area contributed by atoms with E-state index in [-0.39, 0.29) is 36.0 Å². The number of hydrogen-bond acceptors (Lipinski definition) is 6. The second kappa shape index (κ2) is 18.6. The average Bonchev–Trinajstić information content (AvgIpc) is 3.56. The number of hydrogen-bond donors (Lipinski definition) is 3. The molecule has 0 fully saturated rings. The van der Waals surface area contributed by atoms with E-state index in [2.05, 4.69) is 24.5 Å². The van der Waals surface area contributed by atoms with Crippen molar-refractivity contribution in [3.05, 3.63) is 113 Å². The minimum atomic E-state index is -0.555. The number of Topliss-reactive ketones (excluding diaryl/α,β-unsaturated/α-hetero) is 1. The third kappa shape index (κ3) is 9.67. The molecule has 0 bridgehead atoms. The van der Waals surface area contributed by atoms with Crippen molar-refractivity contribution in [1.82, 2.24) is 20.0 Å². The summed E-state index contributed by atoms with van der Waals surface area (Å²) in [6.45, 7) is 9.00. The Labute approximate surface area is 313 Å². The van der Waals surface area contributed by atoms with Crippen molar-refractivity contribution < 1.29 is 24.3 Å². The fourth-order valence-corrected chi connectivity index (χ4v) is 7.23. The van der Waals surface area contributed by atoms with E-state index in [1.165, 1.54) is 6.92 Å². The number of aliphatic hydroxyl groups is 1. The summed E-state index contributed by atoms with van der Waals surface area (Å²) in [6, 6.07) is 24.4. The molecule has 3 amide bonds. The SMILES string of the molecule is CCCCN(CCCC)C(=O)c1cc(C)n(-c2ccc(NC(=O)C(CCNC(C)=O)c3ccccc3)cc2C(=O)C2Cc3ccccc3C[C@H]2CO)n1. The highest BCUT2D eigenvalue weighted by Crippen LogP contribution is 2.35. The standard InChI is InChI=1S/C43H53N5O5/c1-5-7-22-47(23-8-6-2)43(53)39-24-29(3)48(46-39)40-19-18-35(45-42(52)36(20-21-44-30(4)50)31-14-10-9-11-15-31)27-38(40)41(51)37-26-33-17-13-12-16-32(33)25-34(37)28-49/h9-19,24,27,34,36-37,49H,5-8,20-23,25-26,28H2,1-4H3,(H,44,50)(H,45,52)/t34-,36?,37?/m0/s1. The first-order valence-electron chi connectivity index (χ1n) is 19.0. The molecule has 4 aromatic rings. The summed E-state index contributed by atoms with van der Waals surface area (Å²) in [5.74, 6) is -2.09. The summed E-state index contributed by atoms with van der Waals surface area (Å²) < 4.78 is 1.65. The lowest BCUT2D eigenvalue weighted by Gasteiger charge is -2.31. The van der Waals surface area contributed by atoms with Gasteiger partial charge in [-0.2, -0.15) is 5.10 Å². The minimum Gasteiger partial charge on any atom is -0.396 e. The first kappa shape index (κ1) is 39.1. The van der Waals surface area contributed by atoms with Crippen molar-refractivity contribution in [3.8, 4) is 5.69 Å². The molecule has 1 heterocycles. The fourth-order valence-electron chi connectivity index (χ4n) is 7.23. The molecule has 280 valence electrons.